The van der Waals surface area contributed by atoms with Crippen molar-refractivity contribution in [3.63, 3.8) is 0 Å². The predicted molar refractivity (Wildman–Crippen MR) is 132 cm³/mol. The minimum atomic E-state index is -0.620. The van der Waals surface area contributed by atoms with E-state index in [0.717, 1.165) is 43.6 Å². The van der Waals surface area contributed by atoms with Gasteiger partial charge in [0, 0.05) is 5.56 Å². The first-order valence-corrected chi connectivity index (χ1v) is 12.4. The number of amides is 1. The summed E-state index contributed by atoms with van der Waals surface area (Å²) in [6.45, 7) is 3.29. The lowest BCUT2D eigenvalue weighted by Crippen LogP contribution is -2.43. The van der Waals surface area contributed by atoms with E-state index in [0.29, 0.717) is 30.3 Å². The number of carbonyl (C=O) groups is 2. The molecule has 0 aliphatic heterocycles. The molecular weight excluding hydrogens is 430 g/mol. The molecule has 0 radical (unpaired) electrons. The van der Waals surface area contributed by atoms with Gasteiger partial charge in [-0.1, -0.05) is 57.6 Å². The number of unbranched alkanes of at least 4 members (excludes halogenated alkanes) is 1. The number of ether oxygens (including phenoxy) is 3. The number of hydrogen-bond donors (Lipinski definition) is 1. The van der Waals surface area contributed by atoms with Gasteiger partial charge in [0.2, 0.25) is 0 Å². The molecule has 1 fully saturated rings. The van der Waals surface area contributed by atoms with Crippen LogP contribution in [0.5, 0.6) is 11.5 Å². The third kappa shape index (κ3) is 8.08. The number of hydrogen-bond acceptors (Lipinski definition) is 5. The summed E-state index contributed by atoms with van der Waals surface area (Å²) >= 11 is 0. The Kier molecular flexibility index (Phi) is 10.3. The van der Waals surface area contributed by atoms with Gasteiger partial charge in [-0.05, 0) is 60.7 Å². The summed E-state index contributed by atoms with van der Waals surface area (Å²) in [5, 5.41) is 2.87. The standard InChI is InChI=1S/C28H37NO5/c1-3-4-18-33-24-14-10-22(11-15-24)20-34-25-16-12-23(13-17-25)27(30)29-26(28(31)32-2)19-21-8-6-5-7-9-21/h10-17,21,26H,3-9,18-20H2,1-2H3,(H,29,30). The molecule has 6 heteroatoms. The van der Waals surface area contributed by atoms with Gasteiger partial charge in [-0.3, -0.25) is 4.79 Å². The minimum absolute atomic E-state index is 0.281. The van der Waals surface area contributed by atoms with Gasteiger partial charge < -0.3 is 19.5 Å². The summed E-state index contributed by atoms with van der Waals surface area (Å²) < 4.78 is 16.5. The summed E-state index contributed by atoms with van der Waals surface area (Å²) in [6, 6.07) is 14.2. The highest BCUT2D eigenvalue weighted by Gasteiger charge is 2.26. The Morgan fingerprint density at radius 3 is 2.24 bits per heavy atom. The lowest BCUT2D eigenvalue weighted by molar-refractivity contribution is -0.143. The average molecular weight is 468 g/mol. The molecule has 3 rings (SSSR count). The zero-order chi connectivity index (χ0) is 24.2. The quantitative estimate of drug-likeness (QED) is 0.321. The maximum atomic E-state index is 12.8. The van der Waals surface area contributed by atoms with E-state index in [9.17, 15) is 9.59 Å². The first-order valence-electron chi connectivity index (χ1n) is 12.4. The molecule has 0 bridgehead atoms. The van der Waals surface area contributed by atoms with Gasteiger partial charge in [-0.25, -0.2) is 4.79 Å². The van der Waals surface area contributed by atoms with Crippen molar-refractivity contribution in [1.29, 1.82) is 0 Å². The van der Waals surface area contributed by atoms with Crippen LogP contribution in [0.1, 0.15) is 74.2 Å². The van der Waals surface area contributed by atoms with Crippen LogP contribution in [0.15, 0.2) is 48.5 Å². The summed E-state index contributed by atoms with van der Waals surface area (Å²) in [4.78, 5) is 25.0. The Morgan fingerprint density at radius 2 is 1.59 bits per heavy atom. The predicted octanol–water partition coefficient (Wildman–Crippen LogP) is 5.69. The van der Waals surface area contributed by atoms with Gasteiger partial charge in [-0.2, -0.15) is 0 Å². The van der Waals surface area contributed by atoms with E-state index in [4.69, 9.17) is 14.2 Å². The van der Waals surface area contributed by atoms with Crippen molar-refractivity contribution in [3.05, 3.63) is 59.7 Å². The SMILES string of the molecule is CCCCOc1ccc(COc2ccc(C(=O)NC(CC3CCCCC3)C(=O)OC)cc2)cc1. The van der Waals surface area contributed by atoms with Gasteiger partial charge in [-0.15, -0.1) is 0 Å². The van der Waals surface area contributed by atoms with Crippen LogP contribution in [-0.2, 0) is 16.1 Å². The largest absolute Gasteiger partial charge is 0.494 e. The highest BCUT2D eigenvalue weighted by molar-refractivity contribution is 5.96. The molecule has 0 aromatic heterocycles. The van der Waals surface area contributed by atoms with Gasteiger partial charge in [0.25, 0.3) is 5.91 Å². The van der Waals surface area contributed by atoms with Crippen molar-refractivity contribution in [2.75, 3.05) is 13.7 Å². The van der Waals surface area contributed by atoms with Crippen LogP contribution in [0.2, 0.25) is 0 Å². The van der Waals surface area contributed by atoms with Crippen molar-refractivity contribution in [3.8, 4) is 11.5 Å². The van der Waals surface area contributed by atoms with E-state index in [1.165, 1.54) is 26.4 Å². The second-order valence-corrected chi connectivity index (χ2v) is 8.95. The Labute approximate surface area is 203 Å². The van der Waals surface area contributed by atoms with Gasteiger partial charge >= 0.3 is 5.97 Å². The fourth-order valence-electron chi connectivity index (χ4n) is 4.24. The zero-order valence-corrected chi connectivity index (χ0v) is 20.4. The highest BCUT2D eigenvalue weighted by atomic mass is 16.5. The molecule has 1 saturated carbocycles. The summed E-state index contributed by atoms with van der Waals surface area (Å²) in [7, 11) is 1.36. The van der Waals surface area contributed by atoms with Crippen LogP contribution >= 0.6 is 0 Å². The first kappa shape index (κ1) is 25.6. The van der Waals surface area contributed by atoms with E-state index in [-0.39, 0.29) is 11.9 Å². The molecule has 0 spiro atoms. The molecule has 1 aliphatic rings. The number of methoxy groups -OCH3 is 1. The first-order chi connectivity index (χ1) is 16.6. The molecule has 2 aromatic carbocycles. The lowest BCUT2D eigenvalue weighted by atomic mass is 9.85. The van der Waals surface area contributed by atoms with Crippen molar-refractivity contribution >= 4 is 11.9 Å². The van der Waals surface area contributed by atoms with E-state index >= 15 is 0 Å². The lowest BCUT2D eigenvalue weighted by Gasteiger charge is -2.25. The molecule has 1 N–H and O–H groups in total. The maximum absolute atomic E-state index is 12.8. The monoisotopic (exact) mass is 467 g/mol. The van der Waals surface area contributed by atoms with Crippen LogP contribution < -0.4 is 14.8 Å². The number of nitrogens with one attached hydrogen (secondary N) is 1. The zero-order valence-electron chi connectivity index (χ0n) is 20.4. The van der Waals surface area contributed by atoms with E-state index in [1.54, 1.807) is 24.3 Å². The topological polar surface area (TPSA) is 73.9 Å². The third-order valence-electron chi connectivity index (χ3n) is 6.30. The van der Waals surface area contributed by atoms with Crippen molar-refractivity contribution in [2.24, 2.45) is 5.92 Å². The molecule has 1 unspecified atom stereocenters. The molecular formula is C28H37NO5. The molecule has 0 saturated heterocycles. The van der Waals surface area contributed by atoms with Crippen molar-refractivity contribution in [2.45, 2.75) is 70.9 Å². The molecule has 2 aromatic rings. The second-order valence-electron chi connectivity index (χ2n) is 8.95. The van der Waals surface area contributed by atoms with Crippen LogP contribution in [0, 0.1) is 5.92 Å². The number of carbonyl (C=O) groups excluding carboxylic acids is 2. The Bertz CT molecular complexity index is 888. The average Bonchev–Trinajstić information content (AvgIpc) is 2.88. The third-order valence-corrected chi connectivity index (χ3v) is 6.30. The van der Waals surface area contributed by atoms with E-state index < -0.39 is 6.04 Å². The maximum Gasteiger partial charge on any atom is 0.328 e. The Hall–Kier alpha value is -3.02. The van der Waals surface area contributed by atoms with Crippen LogP contribution in [0.3, 0.4) is 0 Å². The number of esters is 1. The van der Waals surface area contributed by atoms with E-state index in [1.807, 2.05) is 24.3 Å². The number of benzene rings is 2. The van der Waals surface area contributed by atoms with Crippen molar-refractivity contribution in [1.82, 2.24) is 5.32 Å². The van der Waals surface area contributed by atoms with Crippen LogP contribution in [-0.4, -0.2) is 31.6 Å². The molecule has 34 heavy (non-hydrogen) atoms. The van der Waals surface area contributed by atoms with Crippen molar-refractivity contribution < 1.29 is 23.8 Å². The Morgan fingerprint density at radius 1 is 0.941 bits per heavy atom. The smallest absolute Gasteiger partial charge is 0.328 e. The molecule has 0 heterocycles. The van der Waals surface area contributed by atoms with Crippen LogP contribution in [0.25, 0.3) is 0 Å². The molecule has 184 valence electrons. The number of rotatable bonds is 12. The molecule has 6 nitrogen and oxygen atoms in total. The molecule has 1 atom stereocenters. The van der Waals surface area contributed by atoms with Gasteiger partial charge in [0.1, 0.15) is 24.1 Å². The fraction of sp³-hybridized carbons (Fsp3) is 0.500. The fourth-order valence-corrected chi connectivity index (χ4v) is 4.24. The van der Waals surface area contributed by atoms with Gasteiger partial charge in [0.15, 0.2) is 0 Å². The Balaban J connectivity index is 1.50. The second kappa shape index (κ2) is 13.6. The minimum Gasteiger partial charge on any atom is -0.494 e. The van der Waals surface area contributed by atoms with Gasteiger partial charge in [0.05, 0.1) is 13.7 Å². The summed E-state index contributed by atoms with van der Waals surface area (Å²) in [6.07, 6.45) is 8.60. The van der Waals surface area contributed by atoms with Crippen LogP contribution in [0.4, 0.5) is 0 Å². The summed E-state index contributed by atoms with van der Waals surface area (Å²) in [5.41, 5.74) is 1.52. The molecule has 1 amide bonds. The van der Waals surface area contributed by atoms with E-state index in [2.05, 4.69) is 12.2 Å². The summed E-state index contributed by atoms with van der Waals surface area (Å²) in [5.74, 6) is 1.32. The normalized spacial score (nSPS) is 14.8. The molecule has 1 aliphatic carbocycles. The highest BCUT2D eigenvalue weighted by Crippen LogP contribution is 2.27.